The molecule has 1 N–H and O–H groups in total. The Bertz CT molecular complexity index is 400. The van der Waals surface area contributed by atoms with Gasteiger partial charge in [0.25, 0.3) is 0 Å². The third-order valence-electron chi connectivity index (χ3n) is 4.19. The highest BCUT2D eigenvalue weighted by atomic mass is 16.6. The minimum atomic E-state index is -1.13. The molecule has 1 aliphatic rings. The van der Waals surface area contributed by atoms with E-state index in [1.807, 2.05) is 20.8 Å². The van der Waals surface area contributed by atoms with Crippen LogP contribution in [0.4, 0.5) is 4.79 Å². The number of hydrogen-bond donors (Lipinski definition) is 1. The first-order chi connectivity index (χ1) is 9.56. The van der Waals surface area contributed by atoms with Gasteiger partial charge in [0.1, 0.15) is 11.1 Å². The van der Waals surface area contributed by atoms with Crippen LogP contribution < -0.4 is 0 Å². The summed E-state index contributed by atoms with van der Waals surface area (Å²) in [6.45, 7) is 11.1. The van der Waals surface area contributed by atoms with Crippen molar-refractivity contribution in [2.45, 2.75) is 84.4 Å². The summed E-state index contributed by atoms with van der Waals surface area (Å²) in [6, 6.07) is -0.219. The molecule has 0 saturated heterocycles. The van der Waals surface area contributed by atoms with Crippen LogP contribution in [0.3, 0.4) is 0 Å². The number of hydrogen-bond acceptors (Lipinski definition) is 3. The molecule has 0 spiro atoms. The number of carbonyl (C=O) groups excluding carboxylic acids is 1. The Kier molecular flexibility index (Phi) is 5.29. The van der Waals surface area contributed by atoms with E-state index in [1.54, 1.807) is 20.8 Å². The van der Waals surface area contributed by atoms with Crippen molar-refractivity contribution in [1.82, 2.24) is 4.90 Å². The summed E-state index contributed by atoms with van der Waals surface area (Å²) in [5, 5.41) is 9.88. The Morgan fingerprint density at radius 2 is 1.95 bits per heavy atom. The molecule has 122 valence electrons. The van der Waals surface area contributed by atoms with Gasteiger partial charge in [0.15, 0.2) is 0 Å². The third kappa shape index (κ3) is 3.50. The van der Waals surface area contributed by atoms with Gasteiger partial charge in [-0.1, -0.05) is 19.8 Å². The Balaban J connectivity index is 3.23. The molecular weight excluding hydrogens is 270 g/mol. The van der Waals surface area contributed by atoms with E-state index < -0.39 is 23.2 Å². The Morgan fingerprint density at radius 1 is 1.38 bits per heavy atom. The summed E-state index contributed by atoms with van der Waals surface area (Å²) in [5.74, 6) is -0.934. The molecule has 2 atom stereocenters. The van der Waals surface area contributed by atoms with Gasteiger partial charge in [-0.3, -0.25) is 4.90 Å². The first kappa shape index (κ1) is 17.8. The van der Waals surface area contributed by atoms with E-state index >= 15 is 0 Å². The molecule has 1 saturated carbocycles. The number of nitrogens with zero attached hydrogens (tertiary/aromatic N) is 1. The van der Waals surface area contributed by atoms with Crippen LogP contribution in [-0.4, -0.2) is 39.3 Å². The molecule has 0 radical (unpaired) electrons. The van der Waals surface area contributed by atoms with E-state index in [4.69, 9.17) is 4.74 Å². The van der Waals surface area contributed by atoms with Gasteiger partial charge in [-0.15, -0.1) is 0 Å². The monoisotopic (exact) mass is 299 g/mol. The van der Waals surface area contributed by atoms with Gasteiger partial charge in [0, 0.05) is 6.04 Å². The van der Waals surface area contributed by atoms with Gasteiger partial charge in [0.05, 0.1) is 0 Å². The SMILES string of the molecule is CCC1CCCC1(C(=O)O)N(C(=O)OC(C)(C)C)C(C)C. The average molecular weight is 299 g/mol. The van der Waals surface area contributed by atoms with Crippen LogP contribution in [0.25, 0.3) is 0 Å². The van der Waals surface area contributed by atoms with Crippen molar-refractivity contribution in [2.75, 3.05) is 0 Å². The fourth-order valence-corrected chi connectivity index (χ4v) is 3.45. The summed E-state index contributed by atoms with van der Waals surface area (Å²) in [4.78, 5) is 26.1. The average Bonchev–Trinajstić information content (AvgIpc) is 2.70. The summed E-state index contributed by atoms with van der Waals surface area (Å²) in [5.41, 5.74) is -1.77. The van der Waals surface area contributed by atoms with Crippen molar-refractivity contribution in [1.29, 1.82) is 0 Å². The van der Waals surface area contributed by atoms with Gasteiger partial charge in [-0.2, -0.15) is 0 Å². The van der Waals surface area contributed by atoms with Crippen molar-refractivity contribution in [3.63, 3.8) is 0 Å². The highest BCUT2D eigenvalue weighted by Gasteiger charge is 2.56. The van der Waals surface area contributed by atoms with Crippen molar-refractivity contribution in [3.05, 3.63) is 0 Å². The Hall–Kier alpha value is -1.26. The number of amides is 1. The maximum Gasteiger partial charge on any atom is 0.411 e. The van der Waals surface area contributed by atoms with Crippen LogP contribution in [0.15, 0.2) is 0 Å². The van der Waals surface area contributed by atoms with Crippen molar-refractivity contribution >= 4 is 12.1 Å². The van der Waals surface area contributed by atoms with E-state index in [9.17, 15) is 14.7 Å². The van der Waals surface area contributed by atoms with E-state index in [0.717, 1.165) is 19.3 Å². The fourth-order valence-electron chi connectivity index (χ4n) is 3.45. The lowest BCUT2D eigenvalue weighted by atomic mass is 9.82. The van der Waals surface area contributed by atoms with Crippen LogP contribution in [0.5, 0.6) is 0 Å². The zero-order valence-electron chi connectivity index (χ0n) is 14.1. The number of ether oxygens (including phenoxy) is 1. The van der Waals surface area contributed by atoms with Gasteiger partial charge in [-0.25, -0.2) is 9.59 Å². The summed E-state index contributed by atoms with van der Waals surface area (Å²) >= 11 is 0. The molecule has 0 aromatic heterocycles. The number of aliphatic carboxylic acids is 1. The molecule has 21 heavy (non-hydrogen) atoms. The lowest BCUT2D eigenvalue weighted by Crippen LogP contribution is -2.62. The molecule has 1 aliphatic carbocycles. The third-order valence-corrected chi connectivity index (χ3v) is 4.19. The lowest BCUT2D eigenvalue weighted by molar-refractivity contribution is -0.155. The zero-order valence-corrected chi connectivity index (χ0v) is 14.1. The lowest BCUT2D eigenvalue weighted by Gasteiger charge is -2.44. The molecule has 5 nitrogen and oxygen atoms in total. The van der Waals surface area contributed by atoms with Crippen LogP contribution in [-0.2, 0) is 9.53 Å². The number of carboxylic acid groups (broad SMARTS) is 1. The molecular formula is C16H29NO4. The van der Waals surface area contributed by atoms with E-state index in [0.29, 0.717) is 6.42 Å². The van der Waals surface area contributed by atoms with Crippen molar-refractivity contribution in [3.8, 4) is 0 Å². The second-order valence-corrected chi connectivity index (χ2v) is 7.17. The van der Waals surface area contributed by atoms with Crippen LogP contribution in [0.2, 0.25) is 0 Å². The minimum absolute atomic E-state index is 0.0232. The Morgan fingerprint density at radius 3 is 2.33 bits per heavy atom. The molecule has 1 fully saturated rings. The van der Waals surface area contributed by atoms with Crippen molar-refractivity contribution < 1.29 is 19.4 Å². The molecule has 1 rings (SSSR count). The summed E-state index contributed by atoms with van der Waals surface area (Å²) < 4.78 is 5.47. The fraction of sp³-hybridized carbons (Fsp3) is 0.875. The predicted octanol–water partition coefficient (Wildman–Crippen LogP) is 3.67. The van der Waals surface area contributed by atoms with Crippen LogP contribution in [0, 0.1) is 5.92 Å². The first-order valence-electron chi connectivity index (χ1n) is 7.82. The summed E-state index contributed by atoms with van der Waals surface area (Å²) in [6.07, 6.45) is 2.39. The topological polar surface area (TPSA) is 66.8 Å². The molecule has 2 unspecified atom stereocenters. The smallest absolute Gasteiger partial charge is 0.411 e. The highest BCUT2D eigenvalue weighted by Crippen LogP contribution is 2.44. The van der Waals surface area contributed by atoms with Gasteiger partial charge in [0.2, 0.25) is 0 Å². The minimum Gasteiger partial charge on any atom is -0.479 e. The van der Waals surface area contributed by atoms with Crippen LogP contribution in [0.1, 0.15) is 67.2 Å². The largest absolute Gasteiger partial charge is 0.479 e. The zero-order chi connectivity index (χ0) is 16.4. The number of rotatable bonds is 4. The van der Waals surface area contributed by atoms with Crippen molar-refractivity contribution in [2.24, 2.45) is 5.92 Å². The van der Waals surface area contributed by atoms with E-state index in [-0.39, 0.29) is 12.0 Å². The quantitative estimate of drug-likeness (QED) is 0.860. The maximum atomic E-state index is 12.6. The van der Waals surface area contributed by atoms with Gasteiger partial charge >= 0.3 is 12.1 Å². The number of carbonyl (C=O) groups is 2. The first-order valence-corrected chi connectivity index (χ1v) is 7.82. The molecule has 0 bridgehead atoms. The molecule has 0 aromatic rings. The summed E-state index contributed by atoms with van der Waals surface area (Å²) in [7, 11) is 0. The molecule has 0 heterocycles. The maximum absolute atomic E-state index is 12.6. The second-order valence-electron chi connectivity index (χ2n) is 7.17. The van der Waals surface area contributed by atoms with E-state index in [1.165, 1.54) is 4.90 Å². The van der Waals surface area contributed by atoms with Crippen LogP contribution >= 0.6 is 0 Å². The molecule has 0 aliphatic heterocycles. The normalized spacial score (nSPS) is 26.0. The molecule has 0 aromatic carbocycles. The predicted molar refractivity (Wildman–Crippen MR) is 81.2 cm³/mol. The number of carboxylic acids is 1. The molecule has 1 amide bonds. The standard InChI is InChI=1S/C16H29NO4/c1-7-12-9-8-10-16(12,13(18)19)17(11(2)3)14(20)21-15(4,5)6/h11-12H,7-10H2,1-6H3,(H,18,19). The molecule has 5 heteroatoms. The van der Waals surface area contributed by atoms with Gasteiger partial charge in [-0.05, 0) is 53.4 Å². The highest BCUT2D eigenvalue weighted by molar-refractivity contribution is 5.85. The van der Waals surface area contributed by atoms with Gasteiger partial charge < -0.3 is 9.84 Å². The Labute approximate surface area is 127 Å². The second kappa shape index (κ2) is 6.24. The van der Waals surface area contributed by atoms with E-state index in [2.05, 4.69) is 0 Å².